The van der Waals surface area contributed by atoms with Crippen LogP contribution in [0, 0.1) is 6.92 Å². The average Bonchev–Trinajstić information content (AvgIpc) is 3.54. The smallest absolute Gasteiger partial charge is 0.300 e. The zero-order chi connectivity index (χ0) is 27.7. The second-order valence-electron chi connectivity index (χ2n) is 10.7. The molecule has 39 heavy (non-hydrogen) atoms. The molecule has 1 atom stereocenters. The number of amides is 1. The Morgan fingerprint density at radius 3 is 2.31 bits per heavy atom. The van der Waals surface area contributed by atoms with Gasteiger partial charge in [-0.3, -0.25) is 14.5 Å². The molecule has 0 aliphatic carbocycles. The SMILES string of the molecule is Cc1ccc(C(C)(C)C)cc1/C(O)=C1\C(=O)C(=O)N(c2ccc(OCc3ccccc3)cc2)C1c1cccs1. The summed E-state index contributed by atoms with van der Waals surface area (Å²) in [5.41, 5.74) is 3.98. The van der Waals surface area contributed by atoms with E-state index >= 15 is 0 Å². The molecule has 0 saturated carbocycles. The third-order valence-corrected chi connectivity index (χ3v) is 7.90. The Bertz CT molecular complexity index is 1530. The normalized spacial score (nSPS) is 17.0. The summed E-state index contributed by atoms with van der Waals surface area (Å²) in [5, 5.41) is 13.5. The van der Waals surface area contributed by atoms with Crippen LogP contribution < -0.4 is 9.64 Å². The van der Waals surface area contributed by atoms with Gasteiger partial charge in [0.2, 0.25) is 0 Å². The minimum absolute atomic E-state index is 0.0982. The molecule has 1 amide bonds. The number of carbonyl (C=O) groups excluding carboxylic acids is 2. The molecule has 1 aliphatic rings. The van der Waals surface area contributed by atoms with E-state index in [2.05, 4.69) is 20.8 Å². The highest BCUT2D eigenvalue weighted by Crippen LogP contribution is 2.44. The number of aryl methyl sites for hydroxylation is 1. The quantitative estimate of drug-likeness (QED) is 0.157. The summed E-state index contributed by atoms with van der Waals surface area (Å²) in [6.07, 6.45) is 0. The van der Waals surface area contributed by atoms with Gasteiger partial charge >= 0.3 is 0 Å². The van der Waals surface area contributed by atoms with Crippen molar-refractivity contribution in [2.45, 2.75) is 45.8 Å². The second-order valence-corrected chi connectivity index (χ2v) is 11.7. The lowest BCUT2D eigenvalue weighted by Gasteiger charge is -2.25. The van der Waals surface area contributed by atoms with Gasteiger partial charge in [0.25, 0.3) is 11.7 Å². The molecular weight excluding hydrogens is 506 g/mol. The minimum Gasteiger partial charge on any atom is -0.507 e. The van der Waals surface area contributed by atoms with Crippen LogP contribution in [0.25, 0.3) is 5.76 Å². The molecule has 1 aliphatic heterocycles. The molecule has 2 heterocycles. The third-order valence-electron chi connectivity index (χ3n) is 6.98. The van der Waals surface area contributed by atoms with Crippen molar-refractivity contribution in [3.63, 3.8) is 0 Å². The number of rotatable bonds is 6. The Morgan fingerprint density at radius 1 is 0.949 bits per heavy atom. The molecule has 5 rings (SSSR count). The lowest BCUT2D eigenvalue weighted by atomic mass is 9.84. The molecule has 4 aromatic rings. The molecule has 198 valence electrons. The topological polar surface area (TPSA) is 66.8 Å². The molecule has 1 N–H and O–H groups in total. The van der Waals surface area contributed by atoms with Crippen LogP contribution in [0.4, 0.5) is 5.69 Å². The summed E-state index contributed by atoms with van der Waals surface area (Å²) >= 11 is 1.44. The zero-order valence-corrected chi connectivity index (χ0v) is 23.3. The van der Waals surface area contributed by atoms with Crippen LogP contribution in [0.15, 0.2) is 95.9 Å². The molecule has 3 aromatic carbocycles. The van der Waals surface area contributed by atoms with Gasteiger partial charge < -0.3 is 9.84 Å². The van der Waals surface area contributed by atoms with Crippen LogP contribution in [0.3, 0.4) is 0 Å². The number of Topliss-reactive ketones (excluding diaryl/α,β-unsaturated/α-hetero) is 1. The van der Waals surface area contributed by atoms with E-state index in [0.717, 1.165) is 21.6 Å². The number of nitrogens with zero attached hydrogens (tertiary/aromatic N) is 1. The van der Waals surface area contributed by atoms with Gasteiger partial charge in [-0.1, -0.05) is 69.3 Å². The summed E-state index contributed by atoms with van der Waals surface area (Å²) in [7, 11) is 0. The first-order valence-electron chi connectivity index (χ1n) is 12.9. The van der Waals surface area contributed by atoms with Crippen LogP contribution in [0.5, 0.6) is 5.75 Å². The van der Waals surface area contributed by atoms with Crippen molar-refractivity contribution in [1.29, 1.82) is 0 Å². The standard InChI is InChI=1S/C33H31NO4S/c1-21-12-13-23(33(2,3)4)19-26(21)30(35)28-29(27-11-8-18-39-27)34(32(37)31(28)36)24-14-16-25(17-15-24)38-20-22-9-6-5-7-10-22/h5-19,29,35H,20H2,1-4H3/b30-28+. The lowest BCUT2D eigenvalue weighted by molar-refractivity contribution is -0.132. The molecule has 6 heteroatoms. The maximum absolute atomic E-state index is 13.5. The van der Waals surface area contributed by atoms with Crippen molar-refractivity contribution in [2.75, 3.05) is 4.90 Å². The Balaban J connectivity index is 1.54. The molecular formula is C33H31NO4S. The number of ketones is 1. The van der Waals surface area contributed by atoms with Crippen LogP contribution >= 0.6 is 11.3 Å². The molecule has 0 spiro atoms. The molecule has 0 radical (unpaired) electrons. The first-order valence-corrected chi connectivity index (χ1v) is 13.8. The summed E-state index contributed by atoms with van der Waals surface area (Å²) in [5.74, 6) is -0.865. The van der Waals surface area contributed by atoms with Crippen molar-refractivity contribution in [3.8, 4) is 5.75 Å². The van der Waals surface area contributed by atoms with Gasteiger partial charge in [0.15, 0.2) is 0 Å². The number of hydrogen-bond acceptors (Lipinski definition) is 5. The van der Waals surface area contributed by atoms with E-state index in [1.165, 1.54) is 16.2 Å². The predicted molar refractivity (Wildman–Crippen MR) is 156 cm³/mol. The van der Waals surface area contributed by atoms with Crippen LogP contribution in [0.1, 0.15) is 53.9 Å². The second kappa shape index (κ2) is 10.5. The number of carbonyl (C=O) groups is 2. The van der Waals surface area contributed by atoms with E-state index in [1.807, 2.05) is 73.0 Å². The third kappa shape index (κ3) is 5.25. The largest absolute Gasteiger partial charge is 0.507 e. The fourth-order valence-electron chi connectivity index (χ4n) is 4.75. The molecule has 1 fully saturated rings. The molecule has 1 unspecified atom stereocenters. The highest BCUT2D eigenvalue weighted by molar-refractivity contribution is 7.10. The Labute approximate surface area is 233 Å². The van der Waals surface area contributed by atoms with E-state index < -0.39 is 17.7 Å². The Kier molecular flexibility index (Phi) is 7.15. The van der Waals surface area contributed by atoms with E-state index in [9.17, 15) is 14.7 Å². The van der Waals surface area contributed by atoms with Crippen molar-refractivity contribution in [3.05, 3.63) is 123 Å². The van der Waals surface area contributed by atoms with Gasteiger partial charge in [0.1, 0.15) is 24.2 Å². The van der Waals surface area contributed by atoms with Gasteiger partial charge in [-0.05, 0) is 70.8 Å². The van der Waals surface area contributed by atoms with Crippen molar-refractivity contribution >= 4 is 34.5 Å². The van der Waals surface area contributed by atoms with Gasteiger partial charge in [0.05, 0.1) is 5.57 Å². The van der Waals surface area contributed by atoms with Gasteiger partial charge in [-0.15, -0.1) is 11.3 Å². The predicted octanol–water partition coefficient (Wildman–Crippen LogP) is 7.56. The fraction of sp³-hybridized carbons (Fsp3) is 0.212. The summed E-state index contributed by atoms with van der Waals surface area (Å²) < 4.78 is 5.91. The molecule has 0 bridgehead atoms. The Morgan fingerprint density at radius 2 is 1.67 bits per heavy atom. The van der Waals surface area contributed by atoms with E-state index in [1.54, 1.807) is 24.3 Å². The molecule has 1 aromatic heterocycles. The van der Waals surface area contributed by atoms with E-state index in [-0.39, 0.29) is 16.7 Å². The lowest BCUT2D eigenvalue weighted by Crippen LogP contribution is -2.29. The number of anilines is 1. The van der Waals surface area contributed by atoms with Crippen LogP contribution in [-0.4, -0.2) is 16.8 Å². The number of benzene rings is 3. The maximum atomic E-state index is 13.5. The van der Waals surface area contributed by atoms with Gasteiger partial charge in [0, 0.05) is 16.1 Å². The first kappa shape index (κ1) is 26.4. The number of hydrogen-bond donors (Lipinski definition) is 1. The first-order chi connectivity index (χ1) is 18.6. The zero-order valence-electron chi connectivity index (χ0n) is 22.5. The van der Waals surface area contributed by atoms with Crippen molar-refractivity contribution in [2.24, 2.45) is 0 Å². The van der Waals surface area contributed by atoms with Crippen molar-refractivity contribution in [1.82, 2.24) is 0 Å². The van der Waals surface area contributed by atoms with Crippen molar-refractivity contribution < 1.29 is 19.4 Å². The maximum Gasteiger partial charge on any atom is 0.300 e. The van der Waals surface area contributed by atoms with E-state index in [0.29, 0.717) is 23.6 Å². The van der Waals surface area contributed by atoms with Crippen LogP contribution in [0.2, 0.25) is 0 Å². The monoisotopic (exact) mass is 537 g/mol. The highest BCUT2D eigenvalue weighted by Gasteiger charge is 2.47. The molecule has 5 nitrogen and oxygen atoms in total. The van der Waals surface area contributed by atoms with Gasteiger partial charge in [-0.2, -0.15) is 0 Å². The fourth-order valence-corrected chi connectivity index (χ4v) is 5.57. The number of ether oxygens (including phenoxy) is 1. The average molecular weight is 538 g/mol. The Hall–Kier alpha value is -4.16. The summed E-state index contributed by atoms with van der Waals surface area (Å²) in [6, 6.07) is 25.9. The highest BCUT2D eigenvalue weighted by atomic mass is 32.1. The van der Waals surface area contributed by atoms with Gasteiger partial charge in [-0.25, -0.2) is 0 Å². The number of aliphatic hydroxyl groups excluding tert-OH is 1. The number of aliphatic hydroxyl groups is 1. The summed E-state index contributed by atoms with van der Waals surface area (Å²) in [4.78, 5) is 29.2. The summed E-state index contributed by atoms with van der Waals surface area (Å²) in [6.45, 7) is 8.61. The van der Waals surface area contributed by atoms with Crippen LogP contribution in [-0.2, 0) is 21.6 Å². The molecule has 1 saturated heterocycles. The van der Waals surface area contributed by atoms with E-state index in [4.69, 9.17) is 4.74 Å². The minimum atomic E-state index is -0.737. The number of thiophene rings is 1.